The van der Waals surface area contributed by atoms with Crippen LogP contribution in [-0.2, 0) is 55.0 Å². The van der Waals surface area contributed by atoms with Crippen molar-refractivity contribution in [3.8, 4) is 11.8 Å². The lowest BCUT2D eigenvalue weighted by atomic mass is 9.91. The number of nitrogens with zero attached hydrogens (tertiary/aromatic N) is 7. The number of piperazine rings is 1. The number of aryl methyl sites for hydroxylation is 2. The molecule has 2 aliphatic carbocycles. The molecule has 29 heteroatoms. The summed E-state index contributed by atoms with van der Waals surface area (Å²) in [7, 11) is -9.23. The van der Waals surface area contributed by atoms with E-state index < -0.39 is 37.0 Å². The van der Waals surface area contributed by atoms with Gasteiger partial charge in [-0.15, -0.1) is 0 Å². The molecule has 12 rings (SSSR count). The number of carbonyl (C=O) groups is 2. The molecule has 4 heterocycles. The maximum absolute atomic E-state index is 12.5. The number of alkyl halides is 6. The van der Waals surface area contributed by atoms with E-state index in [1.807, 2.05) is 24.3 Å². The molecule has 7 aromatic rings. The maximum atomic E-state index is 12.5. The van der Waals surface area contributed by atoms with Gasteiger partial charge in [0.05, 0.1) is 12.2 Å². The van der Waals surface area contributed by atoms with E-state index in [0.29, 0.717) is 90.1 Å². The molecule has 510 valence electrons. The summed E-state index contributed by atoms with van der Waals surface area (Å²) in [6.07, 6.45) is 9.33. The third-order valence-corrected chi connectivity index (χ3v) is 18.7. The summed E-state index contributed by atoms with van der Waals surface area (Å²) in [4.78, 5) is 46.1. The highest BCUT2D eigenvalue weighted by molar-refractivity contribution is 7.88. The number of hydrogen-bond donors (Lipinski definition) is 0. The van der Waals surface area contributed by atoms with Crippen LogP contribution in [-0.4, -0.2) is 124 Å². The van der Waals surface area contributed by atoms with Gasteiger partial charge in [-0.05, 0) is 153 Å². The number of likely N-dealkylation sites (N-methyl/N-ethyl adjacent to an activating group) is 1. The van der Waals surface area contributed by atoms with E-state index in [-0.39, 0.29) is 74.4 Å². The Morgan fingerprint density at radius 2 is 1.31 bits per heavy atom. The van der Waals surface area contributed by atoms with Crippen LogP contribution in [0.4, 0.5) is 37.8 Å². The summed E-state index contributed by atoms with van der Waals surface area (Å²) in [6, 6.07) is 31.5. The zero-order chi connectivity index (χ0) is 66.3. The highest BCUT2D eigenvalue weighted by Crippen LogP contribution is 2.39. The Kier molecular flexibility index (Phi) is 26.6. The van der Waals surface area contributed by atoms with E-state index in [0.717, 1.165) is 89.5 Å². The molecule has 0 saturated carbocycles. The molecule has 2 fully saturated rings. The lowest BCUT2D eigenvalue weighted by molar-refractivity contribution is -0.128. The molecule has 0 radical (unpaired) electrons. The maximum Gasteiger partial charge on any atom is 0.534 e. The highest BCUT2D eigenvalue weighted by atomic mass is 35.5. The van der Waals surface area contributed by atoms with Gasteiger partial charge in [-0.1, -0.05) is 116 Å². The first-order valence-electron chi connectivity index (χ1n) is 28.8. The van der Waals surface area contributed by atoms with Crippen LogP contribution in [0.5, 0.6) is 11.8 Å². The SMILES string of the molecule is C.C.O=C1CCCc2ccc(Cl)cc21.O=S(=O)(OC1=CCCc2ccc(Cl)cc21)C(F)(F)F.O=S(=O)(Oc1cccc2ccc(Cl)cc12)C(F)(F)F.S.[C-]#[N+]CC1CN(c2nc(OC[C@@H]3CCCN3C)nc3c2CCN(c2cccc4ccc(Cl)cc24)C3)CCN1C(=O)C=C. The molecule has 0 N–H and O–H groups in total. The van der Waals surface area contributed by atoms with Gasteiger partial charge in [0.25, 0.3) is 0 Å². The Bertz CT molecular complexity index is 4260. The second-order valence-corrected chi connectivity index (χ2v) is 26.7. The molecule has 3 aliphatic heterocycles. The lowest BCUT2D eigenvalue weighted by Gasteiger charge is -2.41. The number of hydrogen-bond acceptors (Lipinski definition) is 14. The van der Waals surface area contributed by atoms with Crippen molar-refractivity contribution in [3.05, 3.63) is 193 Å². The Morgan fingerprint density at radius 1 is 0.705 bits per heavy atom. The molecule has 1 aromatic heterocycles. The van der Waals surface area contributed by atoms with Gasteiger partial charge in [0, 0.05) is 91.9 Å². The number of anilines is 2. The van der Waals surface area contributed by atoms with Gasteiger partial charge in [-0.25, -0.2) is 6.57 Å². The number of rotatable bonds is 11. The first-order valence-corrected chi connectivity index (χ1v) is 33.1. The standard InChI is InChI=1S/C32H36ClN7O2.C11H8ClF3O3S.C11H6ClF3O3S.C10H9ClO.2CH4.H2S/c1-4-30(41)40-16-15-39(19-25(40)18-34-2)31-26-12-14-38(29-9-5-7-22-10-11-23(33)17-27(22)29)20-28(26)35-32(36-31)42-21-24-8-6-13-37(24)3;2*12-8-5-4-7-2-1-3-10(9(7)6-8)18-19(16,17)11(13,14)15;11-8-5-4-7-2-1-3-10(12)9(7)6-8;;;/h4-5,7,9-11,17,24-25H,1,6,8,12-16,18-21H2,3H3;3-6H,1-2H2;1-6H;4-6H,1-3H2;2*1H4;1H2/t24-,25?;;;;;;/m0....../s1. The van der Waals surface area contributed by atoms with Gasteiger partial charge >= 0.3 is 37.3 Å². The Morgan fingerprint density at radius 3 is 1.94 bits per heavy atom. The molecule has 1 unspecified atom stereocenters. The lowest BCUT2D eigenvalue weighted by Crippen LogP contribution is -2.56. The molecule has 1 amide bonds. The average molecular weight is 1460 g/mol. The van der Waals surface area contributed by atoms with Gasteiger partial charge in [0.15, 0.2) is 11.5 Å². The monoisotopic (exact) mass is 1450 g/mol. The summed E-state index contributed by atoms with van der Waals surface area (Å²) in [5.74, 6) is 0.205. The predicted molar refractivity (Wildman–Crippen MR) is 367 cm³/mol. The van der Waals surface area contributed by atoms with Gasteiger partial charge in [-0.2, -0.15) is 66.6 Å². The van der Waals surface area contributed by atoms with Crippen LogP contribution in [0.3, 0.4) is 0 Å². The first-order chi connectivity index (χ1) is 43.6. The second kappa shape index (κ2) is 32.8. The summed E-state index contributed by atoms with van der Waals surface area (Å²) >= 11 is 23.7. The second-order valence-electron chi connectivity index (χ2n) is 21.9. The number of carbonyl (C=O) groups excluding carboxylic acids is 2. The third-order valence-electron chi connectivity index (χ3n) is 15.9. The predicted octanol–water partition coefficient (Wildman–Crippen LogP) is 15.9. The Balaban J connectivity index is 0.000000224. The third kappa shape index (κ3) is 18.8. The summed E-state index contributed by atoms with van der Waals surface area (Å²) < 4.78 is 132. The van der Waals surface area contributed by atoms with E-state index in [9.17, 15) is 52.8 Å². The number of aromatic nitrogens is 2. The number of ketones is 1. The number of ether oxygens (including phenoxy) is 1. The topological polar surface area (TPSA) is 173 Å². The van der Waals surface area contributed by atoms with E-state index in [1.165, 1.54) is 42.8 Å². The van der Waals surface area contributed by atoms with Gasteiger partial charge in [0.2, 0.25) is 12.5 Å². The Hall–Kier alpha value is -7.02. The number of benzene rings is 6. The van der Waals surface area contributed by atoms with Crippen LogP contribution < -0.4 is 18.7 Å². The minimum absolute atomic E-state index is 0. The van der Waals surface area contributed by atoms with Crippen LogP contribution in [0.25, 0.3) is 32.1 Å². The number of allylic oxidation sites excluding steroid dienone is 1. The van der Waals surface area contributed by atoms with E-state index in [4.69, 9.17) is 67.7 Å². The molecule has 0 bridgehead atoms. The molecular weight excluding hydrogens is 1390 g/mol. The largest absolute Gasteiger partial charge is 0.534 e. The minimum atomic E-state index is -5.70. The van der Waals surface area contributed by atoms with Crippen molar-refractivity contribution in [3.63, 3.8) is 0 Å². The first kappa shape index (κ1) is 77.0. The molecule has 16 nitrogen and oxygen atoms in total. The molecule has 6 aromatic carbocycles. The molecule has 95 heavy (non-hydrogen) atoms. The van der Waals surface area contributed by atoms with Gasteiger partial charge < -0.3 is 37.5 Å². The van der Waals surface area contributed by atoms with Crippen molar-refractivity contribution >= 4 is 131 Å². The zero-order valence-corrected chi connectivity index (χ0v) is 55.3. The van der Waals surface area contributed by atoms with E-state index in [2.05, 4.69) is 65.8 Å². The molecule has 2 atom stereocenters. The van der Waals surface area contributed by atoms with Crippen LogP contribution >= 0.6 is 59.9 Å². The van der Waals surface area contributed by atoms with Crippen LogP contribution in [0.2, 0.25) is 20.1 Å². The van der Waals surface area contributed by atoms with Crippen molar-refractivity contribution in [1.29, 1.82) is 0 Å². The fraction of sp³-hybridized carbons (Fsp3) is 0.348. The average Bonchev–Trinajstić information content (AvgIpc) is 0.886. The van der Waals surface area contributed by atoms with Crippen molar-refractivity contribution in [2.45, 2.75) is 95.9 Å². The molecule has 5 aliphatic rings. The summed E-state index contributed by atoms with van der Waals surface area (Å²) in [5, 5.41) is 4.88. The summed E-state index contributed by atoms with van der Waals surface area (Å²) in [5.41, 5.74) is -4.80. The highest BCUT2D eigenvalue weighted by Gasteiger charge is 2.50. The van der Waals surface area contributed by atoms with Crippen molar-refractivity contribution in [1.82, 2.24) is 19.8 Å². The number of amides is 1. The van der Waals surface area contributed by atoms with Gasteiger partial charge in [-0.3, -0.25) is 9.59 Å². The number of halogens is 10. The Labute approximate surface area is 575 Å². The molecule has 2 saturated heterocycles. The zero-order valence-electron chi connectivity index (χ0n) is 49.6. The molecule has 0 spiro atoms. The number of Topliss-reactive ketones (excluding diaryl/α,β-unsaturated/α-hetero) is 1. The molecular formula is C66H69Cl4F6N7O9S3. The van der Waals surface area contributed by atoms with Crippen LogP contribution in [0, 0.1) is 6.57 Å². The van der Waals surface area contributed by atoms with Crippen molar-refractivity contribution in [2.24, 2.45) is 0 Å². The smallest absolute Gasteiger partial charge is 0.462 e. The van der Waals surface area contributed by atoms with Gasteiger partial charge in [0.1, 0.15) is 24.2 Å². The number of likely N-dealkylation sites (tertiary alicyclic amines) is 1. The van der Waals surface area contributed by atoms with Crippen molar-refractivity contribution in [2.75, 3.05) is 62.7 Å². The van der Waals surface area contributed by atoms with Crippen LogP contribution in [0.15, 0.2) is 128 Å². The fourth-order valence-electron chi connectivity index (χ4n) is 11.3. The number of fused-ring (bicyclic) bond motifs is 5. The van der Waals surface area contributed by atoms with E-state index >= 15 is 0 Å². The quantitative estimate of drug-likeness (QED) is 0.0393. The summed E-state index contributed by atoms with van der Waals surface area (Å²) in [6.45, 7) is 16.1. The minimum Gasteiger partial charge on any atom is -0.462 e. The van der Waals surface area contributed by atoms with E-state index in [1.54, 1.807) is 35.2 Å². The fourth-order valence-corrected chi connectivity index (χ4v) is 12.9. The van der Waals surface area contributed by atoms with Crippen molar-refractivity contribution < 1.29 is 65.9 Å². The van der Waals surface area contributed by atoms with Crippen LogP contribution in [0.1, 0.15) is 85.3 Å². The normalized spacial score (nSPS) is 16.9.